The number of hydrogen-bond donors (Lipinski definition) is 1. The fourth-order valence-electron chi connectivity index (χ4n) is 3.60. The molecule has 23 heavy (non-hydrogen) atoms. The van der Waals surface area contributed by atoms with Gasteiger partial charge in [-0.1, -0.05) is 18.2 Å². The number of nitrogens with two attached hydrogens (primary N) is 1. The van der Waals surface area contributed by atoms with Crippen LogP contribution < -0.4 is 15.2 Å². The lowest BCUT2D eigenvalue weighted by atomic mass is 9.94. The zero-order chi connectivity index (χ0) is 16.2. The summed E-state index contributed by atoms with van der Waals surface area (Å²) in [5.74, 6) is 2.02. The number of nitrogens with zero attached hydrogens (tertiary/aromatic N) is 1. The molecule has 5 nitrogen and oxygen atoms in total. The second-order valence-electron chi connectivity index (χ2n) is 6.25. The number of hydrogen-bond acceptors (Lipinski definition) is 5. The Morgan fingerprint density at radius 3 is 3.00 bits per heavy atom. The molecule has 0 aliphatic carbocycles. The van der Waals surface area contributed by atoms with Crippen LogP contribution in [0.3, 0.4) is 0 Å². The van der Waals surface area contributed by atoms with E-state index in [1.54, 1.807) is 0 Å². The first-order valence-electron chi connectivity index (χ1n) is 8.17. The predicted octanol–water partition coefficient (Wildman–Crippen LogP) is 2.07. The fourth-order valence-corrected chi connectivity index (χ4v) is 3.60. The predicted molar refractivity (Wildman–Crippen MR) is 88.8 cm³/mol. The molecule has 2 heterocycles. The minimum atomic E-state index is 0.0367. The Morgan fingerprint density at radius 2 is 2.22 bits per heavy atom. The van der Waals surface area contributed by atoms with Crippen molar-refractivity contribution in [2.45, 2.75) is 37.8 Å². The quantitative estimate of drug-likeness (QED) is 0.643. The van der Waals surface area contributed by atoms with E-state index in [0.717, 1.165) is 37.2 Å². The molecule has 1 fully saturated rings. The van der Waals surface area contributed by atoms with E-state index in [4.69, 9.17) is 15.2 Å². The molecule has 3 atom stereocenters. The van der Waals surface area contributed by atoms with Crippen molar-refractivity contribution >= 4 is 6.29 Å². The first-order chi connectivity index (χ1) is 11.2. The standard InChI is InChI=1S/C18H24N2O3/c1-2-3-15(19)10-16-8-14(11-20(16)6-7-21)13-4-5-17-18(9-13)23-12-22-17/h2-5,7,9,14-16H,6,8,10-12,19H2,1H3/b3-2+/t14?,15-,16?/m1/s1. The van der Waals surface area contributed by atoms with Gasteiger partial charge in [0.05, 0.1) is 6.54 Å². The first-order valence-corrected chi connectivity index (χ1v) is 8.17. The van der Waals surface area contributed by atoms with Crippen LogP contribution in [0.25, 0.3) is 0 Å². The largest absolute Gasteiger partial charge is 0.454 e. The number of benzene rings is 1. The molecule has 0 amide bonds. The number of carbonyl (C=O) groups excluding carboxylic acids is 1. The van der Waals surface area contributed by atoms with Gasteiger partial charge in [0.2, 0.25) is 6.79 Å². The molecule has 1 saturated heterocycles. The average Bonchev–Trinajstić information content (AvgIpc) is 3.14. The molecule has 3 rings (SSSR count). The molecule has 0 saturated carbocycles. The molecule has 2 N–H and O–H groups in total. The van der Waals surface area contributed by atoms with Gasteiger partial charge in [0.1, 0.15) is 6.29 Å². The fraction of sp³-hybridized carbons (Fsp3) is 0.500. The first kappa shape index (κ1) is 16.0. The van der Waals surface area contributed by atoms with Gasteiger partial charge in [-0.25, -0.2) is 0 Å². The van der Waals surface area contributed by atoms with Crippen LogP contribution in [0.2, 0.25) is 0 Å². The monoisotopic (exact) mass is 316 g/mol. The highest BCUT2D eigenvalue weighted by atomic mass is 16.7. The third-order valence-electron chi connectivity index (χ3n) is 4.69. The van der Waals surface area contributed by atoms with Crippen molar-refractivity contribution in [2.75, 3.05) is 19.9 Å². The van der Waals surface area contributed by atoms with Crippen LogP contribution >= 0.6 is 0 Å². The van der Waals surface area contributed by atoms with E-state index >= 15 is 0 Å². The average molecular weight is 316 g/mol. The van der Waals surface area contributed by atoms with Crippen molar-refractivity contribution in [3.05, 3.63) is 35.9 Å². The van der Waals surface area contributed by atoms with Gasteiger partial charge in [-0.2, -0.15) is 0 Å². The van der Waals surface area contributed by atoms with E-state index in [0.29, 0.717) is 25.3 Å². The molecule has 2 aliphatic heterocycles. The lowest BCUT2D eigenvalue weighted by Gasteiger charge is -2.23. The third kappa shape index (κ3) is 3.57. The van der Waals surface area contributed by atoms with E-state index in [1.165, 1.54) is 5.56 Å². The molecule has 5 heteroatoms. The Balaban J connectivity index is 1.72. The number of rotatable bonds is 6. The highest BCUT2D eigenvalue weighted by molar-refractivity contribution is 5.52. The number of fused-ring (bicyclic) bond motifs is 1. The maximum atomic E-state index is 11.0. The SMILES string of the molecule is C/C=C/[C@@H](N)CC1CC(c2ccc3c(c2)OCO3)CN1CC=O. The van der Waals surface area contributed by atoms with Gasteiger partial charge in [0, 0.05) is 18.6 Å². The molecule has 2 aliphatic rings. The summed E-state index contributed by atoms with van der Waals surface area (Å²) >= 11 is 0. The Labute approximate surface area is 137 Å². The maximum Gasteiger partial charge on any atom is 0.231 e. The lowest BCUT2D eigenvalue weighted by molar-refractivity contribution is -0.109. The van der Waals surface area contributed by atoms with Gasteiger partial charge in [-0.15, -0.1) is 0 Å². The van der Waals surface area contributed by atoms with E-state index in [9.17, 15) is 4.79 Å². The van der Waals surface area contributed by atoms with Crippen LogP contribution in [0.5, 0.6) is 11.5 Å². The van der Waals surface area contributed by atoms with Gasteiger partial charge in [0.15, 0.2) is 11.5 Å². The lowest BCUT2D eigenvalue weighted by Crippen LogP contribution is -2.35. The molecule has 0 spiro atoms. The minimum Gasteiger partial charge on any atom is -0.454 e. The van der Waals surface area contributed by atoms with Crippen molar-refractivity contribution in [3.63, 3.8) is 0 Å². The van der Waals surface area contributed by atoms with Crippen LogP contribution in [-0.2, 0) is 4.79 Å². The van der Waals surface area contributed by atoms with Crippen LogP contribution in [0.1, 0.15) is 31.2 Å². The second kappa shape index (κ2) is 7.15. The number of allylic oxidation sites excluding steroid dienone is 1. The normalized spacial score (nSPS) is 25.1. The highest BCUT2D eigenvalue weighted by Crippen LogP contribution is 2.39. The van der Waals surface area contributed by atoms with Crippen molar-refractivity contribution < 1.29 is 14.3 Å². The summed E-state index contributed by atoms with van der Waals surface area (Å²) in [6, 6.07) is 6.52. The molecule has 0 radical (unpaired) electrons. The molecule has 124 valence electrons. The Morgan fingerprint density at radius 1 is 1.39 bits per heavy atom. The second-order valence-corrected chi connectivity index (χ2v) is 6.25. The van der Waals surface area contributed by atoms with E-state index in [-0.39, 0.29) is 6.04 Å². The van der Waals surface area contributed by atoms with Gasteiger partial charge < -0.3 is 20.0 Å². The number of carbonyl (C=O) groups is 1. The van der Waals surface area contributed by atoms with Gasteiger partial charge in [-0.3, -0.25) is 4.90 Å². The molecular weight excluding hydrogens is 292 g/mol. The maximum absolute atomic E-state index is 11.0. The van der Waals surface area contributed by atoms with E-state index < -0.39 is 0 Å². The van der Waals surface area contributed by atoms with Crippen LogP contribution in [-0.4, -0.2) is 43.2 Å². The minimum absolute atomic E-state index is 0.0367. The topological polar surface area (TPSA) is 64.8 Å². The van der Waals surface area contributed by atoms with Crippen LogP contribution in [0, 0.1) is 0 Å². The summed E-state index contributed by atoms with van der Waals surface area (Å²) < 4.78 is 10.8. The molecule has 1 aromatic rings. The summed E-state index contributed by atoms with van der Waals surface area (Å²) in [7, 11) is 0. The Kier molecular flexibility index (Phi) is 4.98. The summed E-state index contributed by atoms with van der Waals surface area (Å²) in [6.07, 6.45) is 6.88. The van der Waals surface area contributed by atoms with Crippen molar-refractivity contribution in [3.8, 4) is 11.5 Å². The molecule has 0 bridgehead atoms. The Bertz CT molecular complexity index is 588. The number of likely N-dealkylation sites (tertiary alicyclic amines) is 1. The van der Waals surface area contributed by atoms with Gasteiger partial charge in [-0.05, 0) is 43.4 Å². The molecule has 1 aromatic carbocycles. The van der Waals surface area contributed by atoms with Gasteiger partial charge >= 0.3 is 0 Å². The van der Waals surface area contributed by atoms with E-state index in [1.807, 2.05) is 25.1 Å². The zero-order valence-electron chi connectivity index (χ0n) is 13.5. The van der Waals surface area contributed by atoms with Crippen LogP contribution in [0.15, 0.2) is 30.4 Å². The van der Waals surface area contributed by atoms with E-state index in [2.05, 4.69) is 17.0 Å². The zero-order valence-corrected chi connectivity index (χ0v) is 13.5. The summed E-state index contributed by atoms with van der Waals surface area (Å²) in [4.78, 5) is 13.2. The van der Waals surface area contributed by atoms with Crippen molar-refractivity contribution in [1.82, 2.24) is 4.90 Å². The summed E-state index contributed by atoms with van der Waals surface area (Å²) in [5.41, 5.74) is 7.38. The Hall–Kier alpha value is -1.85. The molecule has 0 aromatic heterocycles. The van der Waals surface area contributed by atoms with Gasteiger partial charge in [0.25, 0.3) is 0 Å². The smallest absolute Gasteiger partial charge is 0.231 e. The van der Waals surface area contributed by atoms with Crippen molar-refractivity contribution in [1.29, 1.82) is 0 Å². The van der Waals surface area contributed by atoms with Crippen molar-refractivity contribution in [2.24, 2.45) is 5.73 Å². The molecular formula is C18H24N2O3. The number of aldehydes is 1. The molecule has 2 unspecified atom stereocenters. The summed E-state index contributed by atoms with van der Waals surface area (Å²) in [6.45, 7) is 3.62. The van der Waals surface area contributed by atoms with Crippen LogP contribution in [0.4, 0.5) is 0 Å². The number of ether oxygens (including phenoxy) is 2. The summed E-state index contributed by atoms with van der Waals surface area (Å²) in [5, 5.41) is 0. The third-order valence-corrected chi connectivity index (χ3v) is 4.69. The highest BCUT2D eigenvalue weighted by Gasteiger charge is 2.33.